The summed E-state index contributed by atoms with van der Waals surface area (Å²) in [6, 6.07) is 14.3. The molecule has 8 nitrogen and oxygen atoms in total. The van der Waals surface area contributed by atoms with Gasteiger partial charge in [0.15, 0.2) is 0 Å². The summed E-state index contributed by atoms with van der Waals surface area (Å²) in [4.78, 5) is 13.1. The van der Waals surface area contributed by atoms with E-state index in [0.717, 1.165) is 71.9 Å². The third kappa shape index (κ3) is 4.78. The van der Waals surface area contributed by atoms with Crippen LogP contribution in [-0.4, -0.2) is 70.3 Å². The summed E-state index contributed by atoms with van der Waals surface area (Å²) in [6.07, 6.45) is 5.75. The van der Waals surface area contributed by atoms with Gasteiger partial charge in [-0.05, 0) is 43.0 Å². The molecule has 0 saturated carbocycles. The van der Waals surface area contributed by atoms with E-state index in [1.807, 2.05) is 30.3 Å². The number of nitrogen functional groups attached to an aromatic ring is 1. The van der Waals surface area contributed by atoms with Gasteiger partial charge in [0, 0.05) is 55.4 Å². The van der Waals surface area contributed by atoms with Crippen molar-refractivity contribution < 1.29 is 4.74 Å². The molecule has 5 rings (SSSR count). The number of nitrogens with two attached hydrogens (primary N) is 1. The van der Waals surface area contributed by atoms with Crippen LogP contribution in [0, 0.1) is 0 Å². The lowest BCUT2D eigenvalue weighted by Gasteiger charge is -2.32. The highest BCUT2D eigenvalue weighted by Gasteiger charge is 2.16. The average Bonchev–Trinajstić information content (AvgIpc) is 3.27. The Morgan fingerprint density at radius 2 is 1.91 bits per heavy atom. The number of aromatic amines is 1. The molecule has 2 aromatic heterocycles. The number of benzene rings is 2. The van der Waals surface area contributed by atoms with Crippen molar-refractivity contribution in [2.45, 2.75) is 6.54 Å². The Hall–Kier alpha value is -3.75. The molecule has 3 heterocycles. The minimum atomic E-state index is 0.260. The van der Waals surface area contributed by atoms with E-state index >= 15 is 0 Å². The van der Waals surface area contributed by atoms with Crippen molar-refractivity contribution in [2.75, 3.05) is 46.1 Å². The van der Waals surface area contributed by atoms with Gasteiger partial charge in [0.1, 0.15) is 5.75 Å². The number of hydrogen-bond acceptors (Lipinski definition) is 7. The Kier molecular flexibility index (Phi) is 6.24. The first-order valence-electron chi connectivity index (χ1n) is 11.4. The molecule has 1 fully saturated rings. The van der Waals surface area contributed by atoms with Crippen LogP contribution in [0.1, 0.15) is 16.8 Å². The smallest absolute Gasteiger partial charge is 0.220 e. The number of nitrogens with zero attached hydrogens (tertiary/aromatic N) is 5. The number of fused-ring (bicyclic) bond motifs is 1. The molecule has 4 aromatic rings. The molecule has 174 valence electrons. The third-order valence-electron chi connectivity index (χ3n) is 6.30. The van der Waals surface area contributed by atoms with Crippen molar-refractivity contribution >= 4 is 29.0 Å². The molecule has 0 amide bonds. The van der Waals surface area contributed by atoms with E-state index in [0.29, 0.717) is 0 Å². The quantitative estimate of drug-likeness (QED) is 0.459. The van der Waals surface area contributed by atoms with Gasteiger partial charge in [-0.15, -0.1) is 0 Å². The number of nitrogens with one attached hydrogen (secondary N) is 1. The van der Waals surface area contributed by atoms with Crippen molar-refractivity contribution in [3.8, 4) is 17.0 Å². The molecule has 0 unspecified atom stereocenters. The van der Waals surface area contributed by atoms with Gasteiger partial charge < -0.3 is 15.4 Å². The maximum absolute atomic E-state index is 5.72. The van der Waals surface area contributed by atoms with Gasteiger partial charge in [0.2, 0.25) is 5.95 Å². The number of ether oxygens (including phenoxy) is 1. The molecule has 0 radical (unpaired) electrons. The van der Waals surface area contributed by atoms with Gasteiger partial charge >= 0.3 is 0 Å². The number of H-pyrrole nitrogens is 1. The summed E-state index contributed by atoms with van der Waals surface area (Å²) >= 11 is 0. The van der Waals surface area contributed by atoms with Gasteiger partial charge in [-0.25, -0.2) is 9.97 Å². The fraction of sp³-hybridized carbons (Fsp3) is 0.269. The monoisotopic (exact) mass is 455 g/mol. The molecule has 3 N–H and O–H groups in total. The highest BCUT2D eigenvalue weighted by Crippen LogP contribution is 2.26. The molecule has 1 saturated heterocycles. The van der Waals surface area contributed by atoms with Crippen LogP contribution in [0.25, 0.3) is 34.3 Å². The van der Waals surface area contributed by atoms with Gasteiger partial charge in [-0.3, -0.25) is 10.00 Å². The summed E-state index contributed by atoms with van der Waals surface area (Å²) < 4.78 is 5.71. The van der Waals surface area contributed by atoms with Crippen molar-refractivity contribution in [3.05, 3.63) is 65.5 Å². The number of hydrogen-bond donors (Lipinski definition) is 2. The molecule has 0 spiro atoms. The fourth-order valence-corrected chi connectivity index (χ4v) is 4.28. The predicted octanol–water partition coefficient (Wildman–Crippen LogP) is 3.53. The van der Waals surface area contributed by atoms with Crippen LogP contribution in [0.2, 0.25) is 0 Å². The van der Waals surface area contributed by atoms with Gasteiger partial charge in [-0.1, -0.05) is 24.3 Å². The molecular weight excluding hydrogens is 426 g/mol. The van der Waals surface area contributed by atoms with E-state index in [9.17, 15) is 0 Å². The molecule has 34 heavy (non-hydrogen) atoms. The van der Waals surface area contributed by atoms with Gasteiger partial charge in [0.05, 0.1) is 24.0 Å². The fourth-order valence-electron chi connectivity index (χ4n) is 4.28. The summed E-state index contributed by atoms with van der Waals surface area (Å²) in [7, 11) is 3.91. The predicted molar refractivity (Wildman–Crippen MR) is 136 cm³/mol. The average molecular weight is 456 g/mol. The zero-order valence-electron chi connectivity index (χ0n) is 19.5. The minimum absolute atomic E-state index is 0.260. The Labute approximate surface area is 199 Å². The number of anilines is 1. The molecule has 0 bridgehead atoms. The van der Waals surface area contributed by atoms with E-state index in [1.165, 1.54) is 5.56 Å². The van der Waals surface area contributed by atoms with Crippen LogP contribution in [0.4, 0.5) is 5.95 Å². The zero-order chi connectivity index (χ0) is 23.5. The lowest BCUT2D eigenvalue weighted by molar-refractivity contribution is 0.147. The van der Waals surface area contributed by atoms with Crippen LogP contribution >= 0.6 is 0 Å². The number of methoxy groups -OCH3 is 1. The zero-order valence-corrected chi connectivity index (χ0v) is 19.5. The Balaban J connectivity index is 1.33. The Morgan fingerprint density at radius 1 is 1.06 bits per heavy atom. The Morgan fingerprint density at radius 3 is 2.71 bits per heavy atom. The van der Waals surface area contributed by atoms with E-state index in [1.54, 1.807) is 13.3 Å². The van der Waals surface area contributed by atoms with E-state index < -0.39 is 0 Å². The molecule has 0 aliphatic carbocycles. The third-order valence-corrected chi connectivity index (χ3v) is 6.30. The largest absolute Gasteiger partial charge is 0.496 e. The first-order valence-corrected chi connectivity index (χ1v) is 11.4. The first kappa shape index (κ1) is 22.1. The highest BCUT2D eigenvalue weighted by atomic mass is 16.5. The SMILES string of the molecule is COc1cc(C=Cc2n[nH]c3cc(-c4ccnc(N)n4)ccc23)ccc1CN1CCN(C)CC1. The lowest BCUT2D eigenvalue weighted by atomic mass is 10.1. The lowest BCUT2D eigenvalue weighted by Crippen LogP contribution is -2.43. The molecule has 8 heteroatoms. The summed E-state index contributed by atoms with van der Waals surface area (Å²) in [5.41, 5.74) is 11.6. The van der Waals surface area contributed by atoms with E-state index in [-0.39, 0.29) is 5.95 Å². The summed E-state index contributed by atoms with van der Waals surface area (Å²) in [5, 5.41) is 8.66. The Bertz CT molecular complexity index is 1320. The van der Waals surface area contributed by atoms with Crippen molar-refractivity contribution in [1.29, 1.82) is 0 Å². The van der Waals surface area contributed by atoms with Crippen LogP contribution < -0.4 is 10.5 Å². The standard InChI is InChI=1S/C26H29N7O/c1-32-11-13-33(14-12-32)17-20-5-3-18(15-25(20)34-2)4-8-23-21-7-6-19(16-24(21)31-30-23)22-9-10-28-26(27)29-22/h3-10,15-16H,11-14,17H2,1-2H3,(H,30,31)(H2,27,28,29). The summed E-state index contributed by atoms with van der Waals surface area (Å²) in [6.45, 7) is 5.29. The molecular formula is C26H29N7O. The van der Waals surface area contributed by atoms with Gasteiger partial charge in [0.25, 0.3) is 0 Å². The second kappa shape index (κ2) is 9.62. The maximum atomic E-state index is 5.72. The molecule has 1 aliphatic rings. The topological polar surface area (TPSA) is 96.2 Å². The van der Waals surface area contributed by atoms with Crippen molar-refractivity contribution in [2.24, 2.45) is 0 Å². The summed E-state index contributed by atoms with van der Waals surface area (Å²) in [5.74, 6) is 1.18. The van der Waals surface area contributed by atoms with Crippen molar-refractivity contribution in [1.82, 2.24) is 30.0 Å². The highest BCUT2D eigenvalue weighted by molar-refractivity contribution is 5.91. The first-order chi connectivity index (χ1) is 16.6. The minimum Gasteiger partial charge on any atom is -0.496 e. The number of piperazine rings is 1. The molecule has 1 aliphatic heterocycles. The molecule has 2 aromatic carbocycles. The number of likely N-dealkylation sites (N-methyl/N-ethyl adjacent to an activating group) is 1. The normalized spacial score (nSPS) is 15.4. The van der Waals surface area contributed by atoms with Crippen LogP contribution in [0.3, 0.4) is 0 Å². The van der Waals surface area contributed by atoms with Crippen molar-refractivity contribution in [3.63, 3.8) is 0 Å². The second-order valence-electron chi connectivity index (χ2n) is 8.65. The second-order valence-corrected chi connectivity index (χ2v) is 8.65. The number of rotatable bonds is 6. The van der Waals surface area contributed by atoms with Crippen LogP contribution in [0.15, 0.2) is 48.7 Å². The van der Waals surface area contributed by atoms with E-state index in [2.05, 4.69) is 61.3 Å². The number of aromatic nitrogens is 4. The maximum Gasteiger partial charge on any atom is 0.220 e. The van der Waals surface area contributed by atoms with Crippen LogP contribution in [-0.2, 0) is 6.54 Å². The molecule has 0 atom stereocenters. The van der Waals surface area contributed by atoms with Gasteiger partial charge in [-0.2, -0.15) is 5.10 Å². The van der Waals surface area contributed by atoms with E-state index in [4.69, 9.17) is 10.5 Å². The van der Waals surface area contributed by atoms with Crippen LogP contribution in [0.5, 0.6) is 5.75 Å².